The molecule has 2 aliphatic rings. The number of hydrogen-bond donors (Lipinski definition) is 1. The van der Waals surface area contributed by atoms with E-state index in [0.717, 1.165) is 54.3 Å². The second-order valence-electron chi connectivity index (χ2n) is 11.1. The SMILES string of the molecule is Cc1cccc(CNC(=O)c2cn(CCCN3CCN4CCCCC4C3)c3c(OC(C)C)cccc23)c1. The van der Waals surface area contributed by atoms with Crippen LogP contribution in [0.15, 0.2) is 48.7 Å². The van der Waals surface area contributed by atoms with Gasteiger partial charge in [-0.1, -0.05) is 48.4 Å². The van der Waals surface area contributed by atoms with Gasteiger partial charge in [-0.3, -0.25) is 9.69 Å². The summed E-state index contributed by atoms with van der Waals surface area (Å²) in [6.45, 7) is 13.5. The van der Waals surface area contributed by atoms with Crippen molar-refractivity contribution < 1.29 is 9.53 Å². The zero-order valence-corrected chi connectivity index (χ0v) is 22.7. The smallest absolute Gasteiger partial charge is 0.253 e. The van der Waals surface area contributed by atoms with Gasteiger partial charge in [0.2, 0.25) is 0 Å². The van der Waals surface area contributed by atoms with Crippen LogP contribution in [0.3, 0.4) is 0 Å². The molecule has 6 heteroatoms. The Balaban J connectivity index is 1.31. The summed E-state index contributed by atoms with van der Waals surface area (Å²) in [4.78, 5) is 18.7. The number of rotatable bonds is 9. The average molecular weight is 503 g/mol. The second kappa shape index (κ2) is 11.7. The maximum Gasteiger partial charge on any atom is 0.253 e. The minimum atomic E-state index is -0.0413. The molecule has 0 saturated carbocycles. The summed E-state index contributed by atoms with van der Waals surface area (Å²) in [6, 6.07) is 15.1. The zero-order chi connectivity index (χ0) is 25.8. The lowest BCUT2D eigenvalue weighted by Gasteiger charge is -2.44. The quantitative estimate of drug-likeness (QED) is 0.436. The highest BCUT2D eigenvalue weighted by Gasteiger charge is 2.28. The van der Waals surface area contributed by atoms with Crippen molar-refractivity contribution in [1.82, 2.24) is 19.7 Å². The number of piperazine rings is 1. The first-order chi connectivity index (χ1) is 18.0. The Morgan fingerprint density at radius 3 is 2.78 bits per heavy atom. The first-order valence-corrected chi connectivity index (χ1v) is 14.1. The van der Waals surface area contributed by atoms with Crippen LogP contribution in [0.25, 0.3) is 10.9 Å². The standard InChI is InChI=1S/C31H42N4O2/c1-23(2)37-29-13-7-12-27-28(31(36)32-20-25-10-6-9-24(3)19-25)22-35(30(27)29)16-8-14-33-17-18-34-15-5-4-11-26(34)21-33/h6-7,9-10,12-13,19,22-23,26H,4-5,8,11,14-18,20-21H2,1-3H3,(H,32,36). The maximum absolute atomic E-state index is 13.3. The monoisotopic (exact) mass is 502 g/mol. The first kappa shape index (κ1) is 25.8. The second-order valence-corrected chi connectivity index (χ2v) is 11.1. The van der Waals surface area contributed by atoms with Gasteiger partial charge in [-0.25, -0.2) is 0 Å². The summed E-state index contributed by atoms with van der Waals surface area (Å²) in [5.74, 6) is 0.807. The van der Waals surface area contributed by atoms with Crippen molar-refractivity contribution in [2.24, 2.45) is 0 Å². The van der Waals surface area contributed by atoms with E-state index < -0.39 is 0 Å². The van der Waals surface area contributed by atoms with Gasteiger partial charge in [-0.2, -0.15) is 0 Å². The third-order valence-corrected chi connectivity index (χ3v) is 7.80. The summed E-state index contributed by atoms with van der Waals surface area (Å²) in [7, 11) is 0. The molecule has 2 saturated heterocycles. The summed E-state index contributed by atoms with van der Waals surface area (Å²) in [5, 5.41) is 4.09. The van der Waals surface area contributed by atoms with E-state index in [0.29, 0.717) is 12.1 Å². The van der Waals surface area contributed by atoms with Crippen LogP contribution in [0.4, 0.5) is 0 Å². The molecule has 1 amide bonds. The summed E-state index contributed by atoms with van der Waals surface area (Å²) in [5.41, 5.74) is 4.05. The molecular weight excluding hydrogens is 460 g/mol. The largest absolute Gasteiger partial charge is 0.489 e. The van der Waals surface area contributed by atoms with E-state index in [2.05, 4.69) is 44.8 Å². The average Bonchev–Trinajstić information content (AvgIpc) is 3.27. The van der Waals surface area contributed by atoms with Gasteiger partial charge in [0.1, 0.15) is 5.75 Å². The molecule has 37 heavy (non-hydrogen) atoms. The van der Waals surface area contributed by atoms with Crippen LogP contribution in [0.1, 0.15) is 61.0 Å². The van der Waals surface area contributed by atoms with Gasteiger partial charge in [-0.05, 0) is 64.8 Å². The van der Waals surface area contributed by atoms with Crippen molar-refractivity contribution in [1.29, 1.82) is 0 Å². The van der Waals surface area contributed by atoms with E-state index in [9.17, 15) is 4.79 Å². The van der Waals surface area contributed by atoms with Crippen LogP contribution in [0.5, 0.6) is 5.75 Å². The summed E-state index contributed by atoms with van der Waals surface area (Å²) in [6.07, 6.45) is 7.23. The van der Waals surface area contributed by atoms with Crippen LogP contribution in [0.2, 0.25) is 0 Å². The Labute approximate surface area is 221 Å². The minimum Gasteiger partial charge on any atom is -0.489 e. The Kier molecular flexibility index (Phi) is 8.16. The van der Waals surface area contributed by atoms with Gasteiger partial charge in [0.15, 0.2) is 0 Å². The highest BCUT2D eigenvalue weighted by atomic mass is 16.5. The van der Waals surface area contributed by atoms with Crippen LogP contribution >= 0.6 is 0 Å². The van der Waals surface area contributed by atoms with E-state index in [1.165, 1.54) is 44.5 Å². The number of amides is 1. The van der Waals surface area contributed by atoms with Crippen molar-refractivity contribution in [3.63, 3.8) is 0 Å². The van der Waals surface area contributed by atoms with Gasteiger partial charge >= 0.3 is 0 Å². The maximum atomic E-state index is 13.3. The molecule has 0 aliphatic carbocycles. The van der Waals surface area contributed by atoms with Gasteiger partial charge in [0.05, 0.1) is 17.2 Å². The number of ether oxygens (including phenoxy) is 1. The van der Waals surface area contributed by atoms with Crippen LogP contribution in [0, 0.1) is 6.92 Å². The molecule has 0 spiro atoms. The van der Waals surface area contributed by atoms with Gasteiger partial charge in [0, 0.05) is 50.3 Å². The molecule has 1 atom stereocenters. The molecule has 2 aliphatic heterocycles. The van der Waals surface area contributed by atoms with Crippen LogP contribution in [-0.2, 0) is 13.1 Å². The van der Waals surface area contributed by atoms with E-state index in [-0.39, 0.29) is 12.0 Å². The molecule has 1 N–H and O–H groups in total. The highest BCUT2D eigenvalue weighted by molar-refractivity contribution is 6.08. The molecule has 1 unspecified atom stereocenters. The molecule has 2 fully saturated rings. The van der Waals surface area contributed by atoms with Gasteiger partial charge in [-0.15, -0.1) is 0 Å². The lowest BCUT2D eigenvalue weighted by molar-refractivity contribution is 0.0484. The lowest BCUT2D eigenvalue weighted by Crippen LogP contribution is -2.54. The number of piperidine rings is 1. The summed E-state index contributed by atoms with van der Waals surface area (Å²) < 4.78 is 8.43. The van der Waals surface area contributed by atoms with E-state index in [1.54, 1.807) is 0 Å². The van der Waals surface area contributed by atoms with E-state index in [1.807, 2.05) is 44.3 Å². The number of carbonyl (C=O) groups is 1. The predicted octanol–water partition coefficient (Wildman–Crippen LogP) is 5.23. The predicted molar refractivity (Wildman–Crippen MR) is 150 cm³/mol. The van der Waals surface area contributed by atoms with Gasteiger partial charge < -0.3 is 19.5 Å². The van der Waals surface area contributed by atoms with Crippen LogP contribution in [-0.4, -0.2) is 65.1 Å². The fraction of sp³-hybridized carbons (Fsp3) is 0.516. The molecule has 5 rings (SSSR count). The number of aromatic nitrogens is 1. The number of nitrogens with one attached hydrogen (secondary N) is 1. The topological polar surface area (TPSA) is 49.7 Å². The number of hydrogen-bond acceptors (Lipinski definition) is 4. The van der Waals surface area contributed by atoms with Crippen LogP contribution < -0.4 is 10.1 Å². The third kappa shape index (κ3) is 6.19. The Morgan fingerprint density at radius 1 is 1.08 bits per heavy atom. The molecule has 3 heterocycles. The normalized spacial score (nSPS) is 18.8. The molecule has 0 radical (unpaired) electrons. The van der Waals surface area contributed by atoms with Gasteiger partial charge in [0.25, 0.3) is 5.91 Å². The number of para-hydroxylation sites is 1. The Bertz CT molecular complexity index is 1220. The summed E-state index contributed by atoms with van der Waals surface area (Å²) >= 11 is 0. The molecule has 198 valence electrons. The van der Waals surface area contributed by atoms with E-state index >= 15 is 0 Å². The molecule has 0 bridgehead atoms. The van der Waals surface area contributed by atoms with Crippen molar-refractivity contribution in [2.75, 3.05) is 32.7 Å². The molecular formula is C31H42N4O2. The van der Waals surface area contributed by atoms with Crippen molar-refractivity contribution >= 4 is 16.8 Å². The zero-order valence-electron chi connectivity index (χ0n) is 22.7. The Hall–Kier alpha value is -2.83. The molecule has 3 aromatic rings. The van der Waals surface area contributed by atoms with Crippen molar-refractivity contribution in [3.05, 3.63) is 65.4 Å². The fourth-order valence-corrected chi connectivity index (χ4v) is 6.02. The lowest BCUT2D eigenvalue weighted by atomic mass is 9.99. The number of aryl methyl sites for hydroxylation is 2. The number of carbonyl (C=O) groups excluding carboxylic acids is 1. The number of benzene rings is 2. The number of nitrogens with zero attached hydrogens (tertiary/aromatic N) is 3. The third-order valence-electron chi connectivity index (χ3n) is 7.80. The molecule has 1 aromatic heterocycles. The Morgan fingerprint density at radius 2 is 1.95 bits per heavy atom. The van der Waals surface area contributed by atoms with Crippen molar-refractivity contribution in [3.8, 4) is 5.75 Å². The van der Waals surface area contributed by atoms with Crippen molar-refractivity contribution in [2.45, 2.75) is 71.7 Å². The molecule has 2 aromatic carbocycles. The minimum absolute atomic E-state index is 0.0413. The highest BCUT2D eigenvalue weighted by Crippen LogP contribution is 2.31. The fourth-order valence-electron chi connectivity index (χ4n) is 6.02. The first-order valence-electron chi connectivity index (χ1n) is 14.1. The number of fused-ring (bicyclic) bond motifs is 2. The molecule has 6 nitrogen and oxygen atoms in total. The van der Waals surface area contributed by atoms with E-state index in [4.69, 9.17) is 4.74 Å².